The lowest BCUT2D eigenvalue weighted by Crippen LogP contribution is -2.44. The standard InChI is InChI=1S/C17H20ClN3O2/c1-10(2)7-8-21-9-13-14(16(21)22)15(20-17(23)19-13)11-3-5-12(18)6-4-11/h3-6,10,15H,7-9H2,1-2H3,(H2,19,20,23)/t15-/m1/s1. The number of benzene rings is 1. The molecule has 3 amide bonds. The number of carbonyl (C=O) groups is 2. The molecular weight excluding hydrogens is 314 g/mol. The normalized spacial score (nSPS) is 20.7. The highest BCUT2D eigenvalue weighted by Gasteiger charge is 2.40. The summed E-state index contributed by atoms with van der Waals surface area (Å²) in [4.78, 5) is 26.5. The Labute approximate surface area is 140 Å². The van der Waals surface area contributed by atoms with Crippen LogP contribution in [0.2, 0.25) is 5.02 Å². The van der Waals surface area contributed by atoms with Crippen LogP contribution in [0.4, 0.5) is 4.79 Å². The monoisotopic (exact) mass is 333 g/mol. The first-order chi connectivity index (χ1) is 11.0. The molecule has 0 radical (unpaired) electrons. The van der Waals surface area contributed by atoms with E-state index in [1.54, 1.807) is 17.0 Å². The van der Waals surface area contributed by atoms with E-state index in [0.717, 1.165) is 12.0 Å². The molecule has 3 rings (SSSR count). The van der Waals surface area contributed by atoms with Gasteiger partial charge in [-0.05, 0) is 30.0 Å². The van der Waals surface area contributed by atoms with Crippen molar-refractivity contribution in [1.82, 2.24) is 15.5 Å². The largest absolute Gasteiger partial charge is 0.333 e. The first-order valence-corrected chi connectivity index (χ1v) is 8.19. The van der Waals surface area contributed by atoms with Gasteiger partial charge in [0.15, 0.2) is 0 Å². The van der Waals surface area contributed by atoms with Crippen molar-refractivity contribution in [3.05, 3.63) is 46.1 Å². The molecule has 5 nitrogen and oxygen atoms in total. The number of nitrogens with zero attached hydrogens (tertiary/aromatic N) is 1. The minimum Gasteiger partial charge on any atom is -0.333 e. The van der Waals surface area contributed by atoms with Crippen LogP contribution in [0.25, 0.3) is 0 Å². The second-order valence-corrected chi connectivity index (χ2v) is 6.82. The zero-order valence-electron chi connectivity index (χ0n) is 13.2. The van der Waals surface area contributed by atoms with E-state index in [1.807, 2.05) is 12.1 Å². The third-order valence-electron chi connectivity index (χ3n) is 4.20. The lowest BCUT2D eigenvalue weighted by Gasteiger charge is -2.25. The van der Waals surface area contributed by atoms with Crippen LogP contribution in [0.15, 0.2) is 35.5 Å². The van der Waals surface area contributed by atoms with Gasteiger partial charge in [0, 0.05) is 11.6 Å². The van der Waals surface area contributed by atoms with E-state index >= 15 is 0 Å². The van der Waals surface area contributed by atoms with Gasteiger partial charge in [-0.25, -0.2) is 4.79 Å². The maximum absolute atomic E-state index is 12.8. The molecule has 0 spiro atoms. The Morgan fingerprint density at radius 1 is 1.26 bits per heavy atom. The summed E-state index contributed by atoms with van der Waals surface area (Å²) in [6, 6.07) is 6.51. The van der Waals surface area contributed by atoms with Gasteiger partial charge in [0.25, 0.3) is 5.91 Å². The molecular formula is C17H20ClN3O2. The van der Waals surface area contributed by atoms with Crippen molar-refractivity contribution >= 4 is 23.5 Å². The van der Waals surface area contributed by atoms with Gasteiger partial charge in [0.2, 0.25) is 0 Å². The van der Waals surface area contributed by atoms with Gasteiger partial charge in [-0.1, -0.05) is 37.6 Å². The minimum absolute atomic E-state index is 0.00639. The molecule has 6 heteroatoms. The molecule has 0 unspecified atom stereocenters. The number of hydrogen-bond donors (Lipinski definition) is 2. The average molecular weight is 334 g/mol. The number of carbonyl (C=O) groups excluding carboxylic acids is 2. The van der Waals surface area contributed by atoms with Gasteiger partial charge in [0.05, 0.1) is 23.9 Å². The molecule has 23 heavy (non-hydrogen) atoms. The Morgan fingerprint density at radius 2 is 1.96 bits per heavy atom. The Hall–Kier alpha value is -2.01. The van der Waals surface area contributed by atoms with E-state index in [4.69, 9.17) is 11.6 Å². The molecule has 0 bridgehead atoms. The molecule has 0 aromatic heterocycles. The average Bonchev–Trinajstić information content (AvgIpc) is 2.81. The number of urea groups is 1. The first-order valence-electron chi connectivity index (χ1n) is 7.81. The zero-order chi connectivity index (χ0) is 16.6. The Bertz CT molecular complexity index is 667. The Kier molecular flexibility index (Phi) is 4.31. The zero-order valence-corrected chi connectivity index (χ0v) is 14.0. The fourth-order valence-corrected chi connectivity index (χ4v) is 3.05. The summed E-state index contributed by atoms with van der Waals surface area (Å²) in [5.74, 6) is 0.522. The number of hydrogen-bond acceptors (Lipinski definition) is 2. The summed E-state index contributed by atoms with van der Waals surface area (Å²) in [5.41, 5.74) is 2.20. The van der Waals surface area contributed by atoms with E-state index in [-0.39, 0.29) is 11.9 Å². The van der Waals surface area contributed by atoms with Crippen LogP contribution in [0, 0.1) is 5.92 Å². The molecule has 0 aliphatic carbocycles. The van der Waals surface area contributed by atoms with Crippen molar-refractivity contribution in [2.45, 2.75) is 26.3 Å². The summed E-state index contributed by atoms with van der Waals surface area (Å²) >= 11 is 5.93. The third kappa shape index (κ3) is 3.20. The molecule has 0 saturated heterocycles. The highest BCUT2D eigenvalue weighted by atomic mass is 35.5. The van der Waals surface area contributed by atoms with E-state index in [0.29, 0.717) is 35.3 Å². The van der Waals surface area contributed by atoms with Crippen LogP contribution >= 0.6 is 11.6 Å². The minimum atomic E-state index is -0.424. The summed E-state index contributed by atoms with van der Waals surface area (Å²) < 4.78 is 0. The van der Waals surface area contributed by atoms with Gasteiger partial charge in [-0.2, -0.15) is 0 Å². The van der Waals surface area contributed by atoms with E-state index in [2.05, 4.69) is 24.5 Å². The molecule has 2 N–H and O–H groups in total. The molecule has 2 aliphatic rings. The van der Waals surface area contributed by atoms with Crippen molar-refractivity contribution in [1.29, 1.82) is 0 Å². The maximum atomic E-state index is 12.8. The molecule has 1 aromatic carbocycles. The summed E-state index contributed by atoms with van der Waals surface area (Å²) in [6.07, 6.45) is 0.944. The molecule has 1 atom stereocenters. The quantitative estimate of drug-likeness (QED) is 0.890. The second-order valence-electron chi connectivity index (χ2n) is 6.38. The van der Waals surface area contributed by atoms with Gasteiger partial charge in [-0.3, -0.25) is 4.79 Å². The van der Waals surface area contributed by atoms with Crippen molar-refractivity contribution in [3.63, 3.8) is 0 Å². The predicted molar refractivity (Wildman–Crippen MR) is 88.9 cm³/mol. The van der Waals surface area contributed by atoms with Gasteiger partial charge >= 0.3 is 6.03 Å². The molecule has 2 aliphatic heterocycles. The molecule has 0 saturated carbocycles. The summed E-state index contributed by atoms with van der Waals surface area (Å²) in [7, 11) is 0. The van der Waals surface area contributed by atoms with Gasteiger partial charge in [0.1, 0.15) is 0 Å². The smallest absolute Gasteiger partial charge is 0.319 e. The molecule has 0 fully saturated rings. The lowest BCUT2D eigenvalue weighted by molar-refractivity contribution is -0.125. The van der Waals surface area contributed by atoms with Crippen LogP contribution in [-0.4, -0.2) is 29.9 Å². The number of rotatable bonds is 4. The fraction of sp³-hybridized carbons (Fsp3) is 0.412. The number of nitrogens with one attached hydrogen (secondary N) is 2. The van der Waals surface area contributed by atoms with Crippen molar-refractivity contribution < 1.29 is 9.59 Å². The van der Waals surface area contributed by atoms with Crippen LogP contribution in [0.3, 0.4) is 0 Å². The lowest BCUT2D eigenvalue weighted by atomic mass is 9.96. The molecule has 2 heterocycles. The van der Waals surface area contributed by atoms with Crippen LogP contribution in [-0.2, 0) is 4.79 Å². The third-order valence-corrected chi connectivity index (χ3v) is 4.45. The van der Waals surface area contributed by atoms with Crippen LogP contribution < -0.4 is 10.6 Å². The predicted octanol–water partition coefficient (Wildman–Crippen LogP) is 2.84. The highest BCUT2D eigenvalue weighted by Crippen LogP contribution is 2.33. The van der Waals surface area contributed by atoms with E-state index in [9.17, 15) is 9.59 Å². The SMILES string of the molecule is CC(C)CCN1CC2=C(C1=O)[C@@H](c1ccc(Cl)cc1)NC(=O)N2. The van der Waals surface area contributed by atoms with Crippen molar-refractivity contribution in [2.75, 3.05) is 13.1 Å². The van der Waals surface area contributed by atoms with Crippen molar-refractivity contribution in [3.8, 4) is 0 Å². The second kappa shape index (κ2) is 6.24. The number of halogens is 1. The Balaban J connectivity index is 1.87. The topological polar surface area (TPSA) is 61.4 Å². The molecule has 122 valence electrons. The number of amides is 3. The van der Waals surface area contributed by atoms with Gasteiger partial charge in [-0.15, -0.1) is 0 Å². The summed E-state index contributed by atoms with van der Waals surface area (Å²) in [6.45, 7) is 5.44. The maximum Gasteiger partial charge on any atom is 0.319 e. The molecule has 1 aromatic rings. The highest BCUT2D eigenvalue weighted by molar-refractivity contribution is 6.30. The first kappa shape index (κ1) is 15.9. The Morgan fingerprint density at radius 3 is 2.61 bits per heavy atom. The van der Waals surface area contributed by atoms with E-state index < -0.39 is 6.04 Å². The van der Waals surface area contributed by atoms with Crippen LogP contribution in [0.1, 0.15) is 31.9 Å². The summed E-state index contributed by atoms with van der Waals surface area (Å²) in [5, 5.41) is 6.24. The fourth-order valence-electron chi connectivity index (χ4n) is 2.93. The van der Waals surface area contributed by atoms with E-state index in [1.165, 1.54) is 0 Å². The van der Waals surface area contributed by atoms with Crippen molar-refractivity contribution in [2.24, 2.45) is 5.92 Å². The van der Waals surface area contributed by atoms with Gasteiger partial charge < -0.3 is 15.5 Å². The van der Waals surface area contributed by atoms with Crippen LogP contribution in [0.5, 0.6) is 0 Å².